The van der Waals surface area contributed by atoms with Crippen LogP contribution in [0.25, 0.3) is 0 Å². The van der Waals surface area contributed by atoms with Crippen molar-refractivity contribution in [3.63, 3.8) is 0 Å². The number of carbonyl (C=O) groups excluding carboxylic acids is 1. The highest BCUT2D eigenvalue weighted by molar-refractivity contribution is 7.11. The van der Waals surface area contributed by atoms with Crippen molar-refractivity contribution in [3.8, 4) is 0 Å². The van der Waals surface area contributed by atoms with Gasteiger partial charge in [0.25, 0.3) is 0 Å². The van der Waals surface area contributed by atoms with Gasteiger partial charge in [-0.25, -0.2) is 0 Å². The van der Waals surface area contributed by atoms with Crippen molar-refractivity contribution in [1.82, 2.24) is 4.90 Å². The van der Waals surface area contributed by atoms with Crippen LogP contribution in [-0.4, -0.2) is 35.0 Å². The molecule has 4 nitrogen and oxygen atoms in total. The van der Waals surface area contributed by atoms with Crippen LogP contribution in [0.15, 0.2) is 12.1 Å². The fourth-order valence-electron chi connectivity index (χ4n) is 1.92. The molecule has 0 aliphatic carbocycles. The Labute approximate surface area is 118 Å². The summed E-state index contributed by atoms with van der Waals surface area (Å²) in [4.78, 5) is 26.6. The first kappa shape index (κ1) is 15.7. The standard InChI is InChI=1S/C14H21NO3S/c1-3-9-15(10-14(17)18)13(16)6-4-5-12-8-7-11(2)19-12/h7-8H,3-6,9-10H2,1-2H3,(H,17,18). The summed E-state index contributed by atoms with van der Waals surface area (Å²) < 4.78 is 0. The molecule has 0 saturated heterocycles. The number of hydrogen-bond acceptors (Lipinski definition) is 3. The molecule has 1 N–H and O–H groups in total. The molecule has 1 amide bonds. The number of carboxylic acid groups (broad SMARTS) is 1. The van der Waals surface area contributed by atoms with Gasteiger partial charge in [0.05, 0.1) is 0 Å². The maximum atomic E-state index is 11.9. The molecule has 106 valence electrons. The summed E-state index contributed by atoms with van der Waals surface area (Å²) in [6.45, 7) is 4.33. The van der Waals surface area contributed by atoms with E-state index in [1.165, 1.54) is 14.7 Å². The Morgan fingerprint density at radius 2 is 2.11 bits per heavy atom. The van der Waals surface area contributed by atoms with Crippen LogP contribution in [0.2, 0.25) is 0 Å². The first-order valence-corrected chi connectivity index (χ1v) is 7.39. The number of thiophene rings is 1. The SMILES string of the molecule is CCCN(CC(=O)O)C(=O)CCCc1ccc(C)s1. The third-order valence-electron chi connectivity index (χ3n) is 2.78. The number of aliphatic carboxylic acids is 1. The van der Waals surface area contributed by atoms with E-state index in [-0.39, 0.29) is 12.5 Å². The third kappa shape index (κ3) is 5.87. The number of rotatable bonds is 8. The van der Waals surface area contributed by atoms with Gasteiger partial charge in [-0.1, -0.05) is 6.92 Å². The summed E-state index contributed by atoms with van der Waals surface area (Å²) in [5.74, 6) is -1.01. The molecule has 1 rings (SSSR count). The van der Waals surface area contributed by atoms with E-state index >= 15 is 0 Å². The second-order valence-electron chi connectivity index (χ2n) is 4.57. The summed E-state index contributed by atoms with van der Waals surface area (Å²) in [6, 6.07) is 4.17. The minimum atomic E-state index is -0.948. The number of nitrogens with zero attached hydrogens (tertiary/aromatic N) is 1. The number of carbonyl (C=O) groups is 2. The topological polar surface area (TPSA) is 57.6 Å². The van der Waals surface area contributed by atoms with Crippen molar-refractivity contribution >= 4 is 23.2 Å². The summed E-state index contributed by atoms with van der Waals surface area (Å²) in [5, 5.41) is 8.77. The average molecular weight is 283 g/mol. The zero-order valence-corrected chi connectivity index (χ0v) is 12.3. The maximum absolute atomic E-state index is 11.9. The Morgan fingerprint density at radius 3 is 2.63 bits per heavy atom. The monoisotopic (exact) mass is 283 g/mol. The van der Waals surface area contributed by atoms with E-state index in [4.69, 9.17) is 5.11 Å². The Balaban J connectivity index is 2.37. The van der Waals surface area contributed by atoms with Crippen LogP contribution in [0.3, 0.4) is 0 Å². The molecule has 0 spiro atoms. The average Bonchev–Trinajstić information content (AvgIpc) is 2.74. The maximum Gasteiger partial charge on any atom is 0.323 e. The van der Waals surface area contributed by atoms with Gasteiger partial charge in [-0.2, -0.15) is 0 Å². The lowest BCUT2D eigenvalue weighted by Crippen LogP contribution is -2.36. The minimum absolute atomic E-state index is 0.0578. The lowest BCUT2D eigenvalue weighted by atomic mass is 10.2. The van der Waals surface area contributed by atoms with Crippen molar-refractivity contribution in [2.24, 2.45) is 0 Å². The quantitative estimate of drug-likeness (QED) is 0.798. The van der Waals surface area contributed by atoms with Crippen LogP contribution in [0.4, 0.5) is 0 Å². The van der Waals surface area contributed by atoms with Gasteiger partial charge < -0.3 is 10.0 Å². The van der Waals surface area contributed by atoms with E-state index in [9.17, 15) is 9.59 Å². The third-order valence-corrected chi connectivity index (χ3v) is 3.84. The van der Waals surface area contributed by atoms with Crippen molar-refractivity contribution in [2.45, 2.75) is 39.5 Å². The van der Waals surface area contributed by atoms with Gasteiger partial charge in [0.1, 0.15) is 6.54 Å². The first-order valence-electron chi connectivity index (χ1n) is 6.57. The van der Waals surface area contributed by atoms with E-state index in [0.29, 0.717) is 13.0 Å². The molecule has 1 aromatic heterocycles. The Kier molecular flexibility index (Phi) is 6.56. The van der Waals surface area contributed by atoms with Crippen molar-refractivity contribution in [2.75, 3.05) is 13.1 Å². The fraction of sp³-hybridized carbons (Fsp3) is 0.571. The van der Waals surface area contributed by atoms with Gasteiger partial charge in [0, 0.05) is 22.7 Å². The van der Waals surface area contributed by atoms with Crippen molar-refractivity contribution < 1.29 is 14.7 Å². The first-order chi connectivity index (χ1) is 9.02. The molecular weight excluding hydrogens is 262 g/mol. The Bertz CT molecular complexity index is 428. The molecule has 0 saturated carbocycles. The van der Waals surface area contributed by atoms with Crippen LogP contribution in [0.1, 0.15) is 35.9 Å². The molecule has 1 heterocycles. The Hall–Kier alpha value is -1.36. The molecule has 0 aromatic carbocycles. The van der Waals surface area contributed by atoms with Crippen molar-refractivity contribution in [3.05, 3.63) is 21.9 Å². The summed E-state index contributed by atoms with van der Waals surface area (Å²) in [5.41, 5.74) is 0. The minimum Gasteiger partial charge on any atom is -0.480 e. The normalized spacial score (nSPS) is 10.4. The lowest BCUT2D eigenvalue weighted by Gasteiger charge is -2.19. The number of carboxylic acids is 1. The summed E-state index contributed by atoms with van der Waals surface area (Å²) in [7, 11) is 0. The van der Waals surface area contributed by atoms with Gasteiger partial charge in [0.15, 0.2) is 0 Å². The molecule has 0 aliphatic heterocycles. The molecule has 0 aliphatic rings. The molecular formula is C14H21NO3S. The van der Waals surface area contributed by atoms with Crippen LogP contribution in [0, 0.1) is 6.92 Å². The molecule has 0 unspecified atom stereocenters. The van der Waals surface area contributed by atoms with E-state index < -0.39 is 5.97 Å². The van der Waals surface area contributed by atoms with Crippen LogP contribution in [0.5, 0.6) is 0 Å². The summed E-state index contributed by atoms with van der Waals surface area (Å²) >= 11 is 1.75. The molecule has 5 heteroatoms. The highest BCUT2D eigenvalue weighted by Gasteiger charge is 2.15. The zero-order valence-electron chi connectivity index (χ0n) is 11.5. The highest BCUT2D eigenvalue weighted by Crippen LogP contribution is 2.17. The van der Waals surface area contributed by atoms with Crippen LogP contribution >= 0.6 is 11.3 Å². The summed E-state index contributed by atoms with van der Waals surface area (Å²) in [6.07, 6.45) is 2.86. The van der Waals surface area contributed by atoms with Gasteiger partial charge >= 0.3 is 5.97 Å². The van der Waals surface area contributed by atoms with Gasteiger partial charge in [-0.3, -0.25) is 9.59 Å². The predicted molar refractivity (Wildman–Crippen MR) is 76.5 cm³/mol. The highest BCUT2D eigenvalue weighted by atomic mass is 32.1. The van der Waals surface area contributed by atoms with E-state index in [2.05, 4.69) is 19.1 Å². The predicted octanol–water partition coefficient (Wildman–Crippen LogP) is 2.70. The smallest absolute Gasteiger partial charge is 0.323 e. The van der Waals surface area contributed by atoms with Crippen LogP contribution in [-0.2, 0) is 16.0 Å². The molecule has 0 radical (unpaired) electrons. The van der Waals surface area contributed by atoms with Gasteiger partial charge in [-0.15, -0.1) is 11.3 Å². The zero-order chi connectivity index (χ0) is 14.3. The molecule has 0 bridgehead atoms. The fourth-order valence-corrected chi connectivity index (χ4v) is 2.85. The second-order valence-corrected chi connectivity index (χ2v) is 5.95. The molecule has 1 aromatic rings. The van der Waals surface area contributed by atoms with E-state index in [1.807, 2.05) is 6.92 Å². The second kappa shape index (κ2) is 7.94. The number of amides is 1. The Morgan fingerprint density at radius 1 is 1.37 bits per heavy atom. The van der Waals surface area contributed by atoms with E-state index in [1.54, 1.807) is 11.3 Å². The van der Waals surface area contributed by atoms with Crippen LogP contribution < -0.4 is 0 Å². The molecule has 0 atom stereocenters. The van der Waals surface area contributed by atoms with Gasteiger partial charge in [0.2, 0.25) is 5.91 Å². The largest absolute Gasteiger partial charge is 0.480 e. The van der Waals surface area contributed by atoms with Gasteiger partial charge in [-0.05, 0) is 38.3 Å². The number of aryl methyl sites for hydroxylation is 2. The number of hydrogen-bond donors (Lipinski definition) is 1. The molecule has 19 heavy (non-hydrogen) atoms. The van der Waals surface area contributed by atoms with E-state index in [0.717, 1.165) is 19.3 Å². The van der Waals surface area contributed by atoms with Crippen molar-refractivity contribution in [1.29, 1.82) is 0 Å². The molecule has 0 fully saturated rings. The lowest BCUT2D eigenvalue weighted by molar-refractivity contribution is -0.144.